The fraction of sp³-hybridized carbons (Fsp3) is 0.588. The molecule has 3 nitrogen and oxygen atoms in total. The number of carbonyl (C=O) groups excluding carboxylic acids is 1. The molecule has 0 saturated carbocycles. The molecule has 0 bridgehead atoms. The number of amides is 1. The van der Waals surface area contributed by atoms with E-state index in [1.54, 1.807) is 0 Å². The summed E-state index contributed by atoms with van der Waals surface area (Å²) >= 11 is 0. The van der Waals surface area contributed by atoms with Gasteiger partial charge in [-0.05, 0) is 43.3 Å². The number of rotatable bonds is 4. The lowest BCUT2D eigenvalue weighted by Crippen LogP contribution is -2.50. The second-order valence-corrected chi connectivity index (χ2v) is 6.34. The normalized spacial score (nSPS) is 24.4. The summed E-state index contributed by atoms with van der Waals surface area (Å²) in [6.07, 6.45) is 2.25. The SMILES string of the molecule is CC(C(=O)N1CCC(Cc2ccccc2)C1)C1CNC1. The van der Waals surface area contributed by atoms with E-state index in [4.69, 9.17) is 0 Å². The van der Waals surface area contributed by atoms with Crippen molar-refractivity contribution in [2.75, 3.05) is 26.2 Å². The first kappa shape index (κ1) is 13.6. The van der Waals surface area contributed by atoms with E-state index in [0.717, 1.165) is 39.0 Å². The van der Waals surface area contributed by atoms with Gasteiger partial charge >= 0.3 is 0 Å². The molecular formula is C17H24N2O. The van der Waals surface area contributed by atoms with Crippen LogP contribution in [0.4, 0.5) is 0 Å². The second kappa shape index (κ2) is 5.96. The molecule has 2 fully saturated rings. The van der Waals surface area contributed by atoms with Crippen LogP contribution >= 0.6 is 0 Å². The third-order valence-corrected chi connectivity index (χ3v) is 4.87. The lowest BCUT2D eigenvalue weighted by Gasteiger charge is -2.34. The van der Waals surface area contributed by atoms with Gasteiger partial charge in [0.15, 0.2) is 0 Å². The van der Waals surface area contributed by atoms with E-state index in [1.807, 2.05) is 0 Å². The molecule has 0 aliphatic carbocycles. The highest BCUT2D eigenvalue weighted by molar-refractivity contribution is 5.79. The molecule has 3 rings (SSSR count). The minimum absolute atomic E-state index is 0.187. The van der Waals surface area contributed by atoms with Crippen LogP contribution in [0, 0.1) is 17.8 Å². The molecule has 0 aromatic heterocycles. The summed E-state index contributed by atoms with van der Waals surface area (Å²) in [6.45, 7) is 6.00. The van der Waals surface area contributed by atoms with Crippen LogP contribution in [0.1, 0.15) is 18.9 Å². The van der Waals surface area contributed by atoms with Gasteiger partial charge in [-0.25, -0.2) is 0 Å². The number of likely N-dealkylation sites (tertiary alicyclic amines) is 1. The maximum Gasteiger partial charge on any atom is 0.225 e. The van der Waals surface area contributed by atoms with Crippen molar-refractivity contribution >= 4 is 5.91 Å². The Morgan fingerprint density at radius 1 is 1.35 bits per heavy atom. The molecule has 20 heavy (non-hydrogen) atoms. The minimum Gasteiger partial charge on any atom is -0.342 e. The van der Waals surface area contributed by atoms with E-state index in [0.29, 0.717) is 17.7 Å². The molecule has 2 unspecified atom stereocenters. The number of hydrogen-bond acceptors (Lipinski definition) is 2. The van der Waals surface area contributed by atoms with Gasteiger partial charge in [0.05, 0.1) is 0 Å². The van der Waals surface area contributed by atoms with E-state index in [1.165, 1.54) is 5.56 Å². The first-order valence-electron chi connectivity index (χ1n) is 7.77. The van der Waals surface area contributed by atoms with Crippen LogP contribution in [0.3, 0.4) is 0 Å². The Morgan fingerprint density at radius 2 is 2.10 bits per heavy atom. The molecule has 1 amide bonds. The predicted octanol–water partition coefficient (Wildman–Crippen LogP) is 1.93. The zero-order valence-corrected chi connectivity index (χ0v) is 12.2. The van der Waals surface area contributed by atoms with Gasteiger partial charge in [0.1, 0.15) is 0 Å². The van der Waals surface area contributed by atoms with Crippen molar-refractivity contribution in [2.45, 2.75) is 19.8 Å². The van der Waals surface area contributed by atoms with E-state index in [-0.39, 0.29) is 5.92 Å². The van der Waals surface area contributed by atoms with Crippen LogP contribution in [0.2, 0.25) is 0 Å². The molecule has 2 aliphatic rings. The van der Waals surface area contributed by atoms with Gasteiger partial charge in [0.2, 0.25) is 5.91 Å². The Labute approximate surface area is 121 Å². The maximum atomic E-state index is 12.5. The van der Waals surface area contributed by atoms with Crippen molar-refractivity contribution in [1.29, 1.82) is 0 Å². The first-order valence-corrected chi connectivity index (χ1v) is 7.77. The fourth-order valence-electron chi connectivity index (χ4n) is 3.30. The Kier molecular flexibility index (Phi) is 4.06. The summed E-state index contributed by atoms with van der Waals surface area (Å²) in [7, 11) is 0. The van der Waals surface area contributed by atoms with Crippen molar-refractivity contribution in [3.63, 3.8) is 0 Å². The summed E-state index contributed by atoms with van der Waals surface area (Å²) in [4.78, 5) is 14.6. The van der Waals surface area contributed by atoms with Crippen molar-refractivity contribution < 1.29 is 4.79 Å². The fourth-order valence-corrected chi connectivity index (χ4v) is 3.30. The quantitative estimate of drug-likeness (QED) is 0.908. The summed E-state index contributed by atoms with van der Waals surface area (Å²) in [5.41, 5.74) is 1.39. The third kappa shape index (κ3) is 2.88. The maximum absolute atomic E-state index is 12.5. The average Bonchev–Trinajstić information content (AvgIpc) is 2.85. The number of benzene rings is 1. The Morgan fingerprint density at radius 3 is 2.75 bits per heavy atom. The number of nitrogens with one attached hydrogen (secondary N) is 1. The van der Waals surface area contributed by atoms with Crippen molar-refractivity contribution in [3.8, 4) is 0 Å². The van der Waals surface area contributed by atoms with Gasteiger partial charge in [0.25, 0.3) is 0 Å². The summed E-state index contributed by atoms with van der Waals surface area (Å²) in [6, 6.07) is 10.6. The monoisotopic (exact) mass is 272 g/mol. The first-order chi connectivity index (χ1) is 9.74. The standard InChI is InChI=1S/C17H24N2O/c1-13(16-10-18-11-16)17(20)19-8-7-15(12-19)9-14-5-3-2-4-6-14/h2-6,13,15-16,18H,7-12H2,1H3. The Balaban J connectivity index is 1.52. The Bertz CT molecular complexity index is 455. The van der Waals surface area contributed by atoms with Crippen LogP contribution in [0.5, 0.6) is 0 Å². The van der Waals surface area contributed by atoms with Gasteiger partial charge in [0, 0.05) is 19.0 Å². The van der Waals surface area contributed by atoms with E-state index >= 15 is 0 Å². The zero-order valence-electron chi connectivity index (χ0n) is 12.2. The highest BCUT2D eigenvalue weighted by Crippen LogP contribution is 2.25. The van der Waals surface area contributed by atoms with Crippen LogP contribution in [-0.2, 0) is 11.2 Å². The summed E-state index contributed by atoms with van der Waals surface area (Å²) in [5.74, 6) is 1.74. The average molecular weight is 272 g/mol. The van der Waals surface area contributed by atoms with Crippen LogP contribution < -0.4 is 5.32 Å². The number of carbonyl (C=O) groups is 1. The number of nitrogens with zero attached hydrogens (tertiary/aromatic N) is 1. The largest absolute Gasteiger partial charge is 0.342 e. The molecule has 0 radical (unpaired) electrons. The molecule has 1 aromatic carbocycles. The van der Waals surface area contributed by atoms with Gasteiger partial charge in [-0.2, -0.15) is 0 Å². The molecular weight excluding hydrogens is 248 g/mol. The van der Waals surface area contributed by atoms with E-state index < -0.39 is 0 Å². The summed E-state index contributed by atoms with van der Waals surface area (Å²) < 4.78 is 0. The van der Waals surface area contributed by atoms with Crippen LogP contribution in [0.15, 0.2) is 30.3 Å². The minimum atomic E-state index is 0.187. The van der Waals surface area contributed by atoms with Crippen molar-refractivity contribution in [2.24, 2.45) is 17.8 Å². The summed E-state index contributed by atoms with van der Waals surface area (Å²) in [5, 5.41) is 3.26. The van der Waals surface area contributed by atoms with Gasteiger partial charge < -0.3 is 10.2 Å². The lowest BCUT2D eigenvalue weighted by atomic mass is 9.88. The highest BCUT2D eigenvalue weighted by Gasteiger charge is 2.34. The topological polar surface area (TPSA) is 32.3 Å². The van der Waals surface area contributed by atoms with Crippen molar-refractivity contribution in [1.82, 2.24) is 10.2 Å². The second-order valence-electron chi connectivity index (χ2n) is 6.34. The molecule has 0 spiro atoms. The molecule has 3 heteroatoms. The van der Waals surface area contributed by atoms with E-state index in [9.17, 15) is 4.79 Å². The van der Waals surface area contributed by atoms with Crippen LogP contribution in [0.25, 0.3) is 0 Å². The van der Waals surface area contributed by atoms with Gasteiger partial charge in [-0.3, -0.25) is 4.79 Å². The van der Waals surface area contributed by atoms with Crippen LogP contribution in [-0.4, -0.2) is 37.0 Å². The van der Waals surface area contributed by atoms with E-state index in [2.05, 4.69) is 47.5 Å². The predicted molar refractivity (Wildman–Crippen MR) is 80.4 cm³/mol. The number of hydrogen-bond donors (Lipinski definition) is 1. The zero-order chi connectivity index (χ0) is 13.9. The Hall–Kier alpha value is -1.35. The molecule has 2 heterocycles. The smallest absolute Gasteiger partial charge is 0.225 e. The lowest BCUT2D eigenvalue weighted by molar-refractivity contribution is -0.136. The third-order valence-electron chi connectivity index (χ3n) is 4.87. The van der Waals surface area contributed by atoms with Gasteiger partial charge in [-0.1, -0.05) is 37.3 Å². The molecule has 2 saturated heterocycles. The molecule has 1 aromatic rings. The molecule has 2 atom stereocenters. The van der Waals surface area contributed by atoms with Gasteiger partial charge in [-0.15, -0.1) is 0 Å². The molecule has 108 valence electrons. The highest BCUT2D eigenvalue weighted by atomic mass is 16.2. The van der Waals surface area contributed by atoms with Crippen molar-refractivity contribution in [3.05, 3.63) is 35.9 Å². The molecule has 1 N–H and O–H groups in total. The molecule has 2 aliphatic heterocycles.